The second kappa shape index (κ2) is 14.0. The highest BCUT2D eigenvalue weighted by molar-refractivity contribution is 7.99. The molecule has 0 aliphatic heterocycles. The van der Waals surface area contributed by atoms with Gasteiger partial charge in [0.2, 0.25) is 11.7 Å². The van der Waals surface area contributed by atoms with Crippen LogP contribution in [0.1, 0.15) is 5.56 Å². The summed E-state index contributed by atoms with van der Waals surface area (Å²) >= 11 is 7.12. The van der Waals surface area contributed by atoms with Crippen molar-refractivity contribution >= 4 is 52.6 Å². The van der Waals surface area contributed by atoms with Crippen molar-refractivity contribution in [3.8, 4) is 34.6 Å². The van der Waals surface area contributed by atoms with E-state index in [0.29, 0.717) is 33.5 Å². The van der Waals surface area contributed by atoms with Crippen LogP contribution in [0.15, 0.2) is 66.0 Å². The fourth-order valence-electron chi connectivity index (χ4n) is 3.71. The minimum Gasteiger partial charge on any atom is -0.493 e. The van der Waals surface area contributed by atoms with E-state index in [2.05, 4.69) is 37.0 Å². The molecule has 42 heavy (non-hydrogen) atoms. The molecule has 0 saturated heterocycles. The first-order valence-corrected chi connectivity index (χ1v) is 13.5. The molecule has 0 atom stereocenters. The lowest BCUT2D eigenvalue weighted by Crippen LogP contribution is -2.35. The van der Waals surface area contributed by atoms with Gasteiger partial charge in [-0.05, 0) is 42.5 Å². The van der Waals surface area contributed by atoms with Gasteiger partial charge in [0, 0.05) is 22.5 Å². The van der Waals surface area contributed by atoms with Gasteiger partial charge in [0.15, 0.2) is 22.5 Å². The van der Waals surface area contributed by atoms with Crippen molar-refractivity contribution in [2.45, 2.75) is 5.16 Å². The topological polar surface area (TPSA) is 160 Å². The predicted octanol–water partition coefficient (Wildman–Crippen LogP) is 5.27. The standard InChI is InChI=1S/C28H24ClN7O5S/c1-39-20-11-16(12-21(40-2)25(20)41-3)24-19(14-30)26(32-18-8-6-7-17(29)13-18)36-28(35-24)42-15-23(37)34-27(38)33-22-9-4-5-10-31-22/h4-13H,15H2,1-3H3,(H,32,35,36)(H2,31,33,34,37,38). The maximum atomic E-state index is 12.5. The number of hydrogen-bond donors (Lipinski definition) is 3. The number of carbonyl (C=O) groups is 2. The molecule has 0 unspecified atom stereocenters. The summed E-state index contributed by atoms with van der Waals surface area (Å²) in [6.07, 6.45) is 1.51. The van der Waals surface area contributed by atoms with Gasteiger partial charge >= 0.3 is 6.03 Å². The Labute approximate surface area is 250 Å². The zero-order valence-electron chi connectivity index (χ0n) is 22.6. The molecule has 2 heterocycles. The fourth-order valence-corrected chi connectivity index (χ4v) is 4.54. The van der Waals surface area contributed by atoms with Gasteiger partial charge < -0.3 is 19.5 Å². The molecule has 14 heteroatoms. The molecule has 3 N–H and O–H groups in total. The average molecular weight is 606 g/mol. The summed E-state index contributed by atoms with van der Waals surface area (Å²) in [6, 6.07) is 16.6. The molecule has 0 radical (unpaired) electrons. The summed E-state index contributed by atoms with van der Waals surface area (Å²) < 4.78 is 16.4. The van der Waals surface area contributed by atoms with Crippen LogP contribution in [-0.2, 0) is 4.79 Å². The highest BCUT2D eigenvalue weighted by Gasteiger charge is 2.22. The molecule has 2 aromatic heterocycles. The van der Waals surface area contributed by atoms with Gasteiger partial charge in [0.25, 0.3) is 0 Å². The van der Waals surface area contributed by atoms with Gasteiger partial charge in [-0.15, -0.1) is 0 Å². The number of nitrogens with zero attached hydrogens (tertiary/aromatic N) is 4. The zero-order valence-corrected chi connectivity index (χ0v) is 24.2. The van der Waals surface area contributed by atoms with Crippen LogP contribution < -0.4 is 30.2 Å². The first-order valence-electron chi connectivity index (χ1n) is 12.1. The number of aromatic nitrogens is 3. The lowest BCUT2D eigenvalue weighted by molar-refractivity contribution is -0.117. The van der Waals surface area contributed by atoms with Gasteiger partial charge in [-0.1, -0.05) is 35.5 Å². The Balaban J connectivity index is 1.68. The van der Waals surface area contributed by atoms with Crippen LogP contribution in [0.2, 0.25) is 5.02 Å². The van der Waals surface area contributed by atoms with Crippen LogP contribution in [-0.4, -0.2) is 54.0 Å². The molecule has 12 nitrogen and oxygen atoms in total. The van der Waals surface area contributed by atoms with Crippen molar-refractivity contribution in [1.82, 2.24) is 20.3 Å². The number of amides is 3. The molecule has 0 aliphatic carbocycles. The van der Waals surface area contributed by atoms with Crippen molar-refractivity contribution in [2.24, 2.45) is 0 Å². The molecule has 0 aliphatic rings. The van der Waals surface area contributed by atoms with Crippen LogP contribution in [0, 0.1) is 11.3 Å². The van der Waals surface area contributed by atoms with Crippen molar-refractivity contribution in [2.75, 3.05) is 37.7 Å². The van der Waals surface area contributed by atoms with E-state index in [1.807, 2.05) is 0 Å². The van der Waals surface area contributed by atoms with Crippen LogP contribution in [0.4, 0.5) is 22.1 Å². The third kappa shape index (κ3) is 7.36. The summed E-state index contributed by atoms with van der Waals surface area (Å²) in [6.45, 7) is 0. The quantitative estimate of drug-likeness (QED) is 0.159. The van der Waals surface area contributed by atoms with E-state index in [4.69, 9.17) is 25.8 Å². The predicted molar refractivity (Wildman–Crippen MR) is 159 cm³/mol. The van der Waals surface area contributed by atoms with Crippen molar-refractivity contribution in [3.63, 3.8) is 0 Å². The molecule has 0 saturated carbocycles. The molecular formula is C28H24ClN7O5S. The van der Waals surface area contributed by atoms with Crippen molar-refractivity contribution in [3.05, 3.63) is 71.4 Å². The number of carbonyl (C=O) groups excluding carboxylic acids is 2. The Morgan fingerprint density at radius 3 is 2.38 bits per heavy atom. The number of methoxy groups -OCH3 is 3. The number of nitrogens with one attached hydrogen (secondary N) is 3. The Morgan fingerprint density at radius 1 is 1.00 bits per heavy atom. The first kappa shape index (κ1) is 29.9. The van der Waals surface area contributed by atoms with Crippen LogP contribution in [0.3, 0.4) is 0 Å². The molecule has 4 rings (SSSR count). The summed E-state index contributed by atoms with van der Waals surface area (Å²) in [5.74, 6) is 0.737. The average Bonchev–Trinajstić information content (AvgIpc) is 2.99. The number of ether oxygens (including phenoxy) is 3. The Hall–Kier alpha value is -5.06. The highest BCUT2D eigenvalue weighted by Crippen LogP contribution is 2.42. The maximum absolute atomic E-state index is 12.5. The van der Waals surface area contributed by atoms with Gasteiger partial charge in [-0.2, -0.15) is 5.26 Å². The normalized spacial score (nSPS) is 10.3. The number of anilines is 3. The number of rotatable bonds is 10. The number of nitriles is 1. The summed E-state index contributed by atoms with van der Waals surface area (Å²) in [5, 5.41) is 18.6. The SMILES string of the molecule is COc1cc(-c2nc(SCC(=O)NC(=O)Nc3ccccn3)nc(Nc3cccc(Cl)c3)c2C#N)cc(OC)c1OC. The summed E-state index contributed by atoms with van der Waals surface area (Å²) in [5.41, 5.74) is 1.41. The van der Waals surface area contributed by atoms with Gasteiger partial charge in [0.1, 0.15) is 17.5 Å². The Kier molecular flexibility index (Phi) is 9.99. The highest BCUT2D eigenvalue weighted by atomic mass is 35.5. The number of hydrogen-bond acceptors (Lipinski definition) is 11. The monoisotopic (exact) mass is 605 g/mol. The minimum absolute atomic E-state index is 0.118. The maximum Gasteiger partial charge on any atom is 0.327 e. The molecule has 2 aromatic carbocycles. The van der Waals surface area contributed by atoms with E-state index in [1.54, 1.807) is 54.6 Å². The zero-order chi connectivity index (χ0) is 30.1. The van der Waals surface area contributed by atoms with E-state index in [0.717, 1.165) is 11.8 Å². The lowest BCUT2D eigenvalue weighted by Gasteiger charge is -2.16. The molecule has 0 bridgehead atoms. The Morgan fingerprint density at radius 2 is 1.76 bits per heavy atom. The molecule has 214 valence electrons. The van der Waals surface area contributed by atoms with Crippen LogP contribution in [0.25, 0.3) is 11.3 Å². The molecular weight excluding hydrogens is 582 g/mol. The van der Waals surface area contributed by atoms with E-state index >= 15 is 0 Å². The largest absolute Gasteiger partial charge is 0.493 e. The van der Waals surface area contributed by atoms with Gasteiger partial charge in [-0.25, -0.2) is 19.7 Å². The van der Waals surface area contributed by atoms with E-state index in [1.165, 1.54) is 27.5 Å². The molecule has 4 aromatic rings. The molecule has 3 amide bonds. The summed E-state index contributed by atoms with van der Waals surface area (Å²) in [4.78, 5) is 37.8. The molecule has 0 fully saturated rings. The Bertz CT molecular complexity index is 1620. The van der Waals surface area contributed by atoms with E-state index < -0.39 is 11.9 Å². The third-order valence-corrected chi connectivity index (χ3v) is 6.60. The number of benzene rings is 2. The number of imide groups is 1. The van der Waals surface area contributed by atoms with Gasteiger partial charge in [0.05, 0.1) is 32.8 Å². The second-order valence-electron chi connectivity index (χ2n) is 8.25. The number of halogens is 1. The molecule has 0 spiro atoms. The van der Waals surface area contributed by atoms with Crippen molar-refractivity contribution < 1.29 is 23.8 Å². The number of urea groups is 1. The first-order chi connectivity index (χ1) is 20.3. The summed E-state index contributed by atoms with van der Waals surface area (Å²) in [7, 11) is 4.43. The third-order valence-electron chi connectivity index (χ3n) is 5.52. The number of thioether (sulfide) groups is 1. The minimum atomic E-state index is -0.735. The van der Waals surface area contributed by atoms with Crippen LogP contribution >= 0.6 is 23.4 Å². The second-order valence-corrected chi connectivity index (χ2v) is 9.62. The number of pyridine rings is 1. The lowest BCUT2D eigenvalue weighted by atomic mass is 10.1. The van der Waals surface area contributed by atoms with E-state index in [-0.39, 0.29) is 33.8 Å². The smallest absolute Gasteiger partial charge is 0.327 e. The van der Waals surface area contributed by atoms with E-state index in [9.17, 15) is 14.9 Å². The van der Waals surface area contributed by atoms with Crippen molar-refractivity contribution in [1.29, 1.82) is 5.26 Å². The van der Waals surface area contributed by atoms with Crippen LogP contribution in [0.5, 0.6) is 17.2 Å². The fraction of sp³-hybridized carbons (Fsp3) is 0.143. The van der Waals surface area contributed by atoms with Gasteiger partial charge in [-0.3, -0.25) is 15.4 Å².